The van der Waals surface area contributed by atoms with E-state index >= 15 is 0 Å². The molecule has 0 aliphatic carbocycles. The molecule has 0 radical (unpaired) electrons. The van der Waals surface area contributed by atoms with Crippen molar-refractivity contribution in [2.75, 3.05) is 0 Å². The van der Waals surface area contributed by atoms with Crippen molar-refractivity contribution in [1.82, 2.24) is 0 Å². The van der Waals surface area contributed by atoms with Gasteiger partial charge in [-0.2, -0.15) is 11.6 Å². The average Bonchev–Trinajstić information content (AvgIpc) is 2.77. The van der Waals surface area contributed by atoms with Gasteiger partial charge in [0.25, 0.3) is 0 Å². The fourth-order valence-corrected chi connectivity index (χ4v) is 3.35. The first kappa shape index (κ1) is 23.5. The molecule has 0 unspecified atom stereocenters. The molecule has 112 valence electrons. The Bertz CT molecular complexity index is 304. The zero-order valence-electron chi connectivity index (χ0n) is 12.7. The third-order valence-electron chi connectivity index (χ3n) is 3.37. The Morgan fingerprint density at radius 1 is 0.950 bits per heavy atom. The second-order valence-electron chi connectivity index (χ2n) is 5.11. The van der Waals surface area contributed by atoms with Gasteiger partial charge >= 0.3 is 23.1 Å². The number of aryl methyl sites for hydroxylation is 1. The second-order valence-corrected chi connectivity index (χ2v) is 7.34. The number of thiophene rings is 1. The molecule has 0 aliphatic heterocycles. The van der Waals surface area contributed by atoms with Gasteiger partial charge in [-0.25, -0.2) is 0 Å². The summed E-state index contributed by atoms with van der Waals surface area (Å²) in [6.45, 7) is 2.28. The third-order valence-corrected chi connectivity index (χ3v) is 4.76. The van der Waals surface area contributed by atoms with Crippen molar-refractivity contribution in [2.24, 2.45) is 0 Å². The van der Waals surface area contributed by atoms with Gasteiger partial charge in [0, 0.05) is 0 Å². The van der Waals surface area contributed by atoms with Crippen LogP contribution in [0.3, 0.4) is 0 Å². The number of rotatable bonds is 11. The molecule has 1 heterocycles. The Labute approximate surface area is 160 Å². The van der Waals surface area contributed by atoms with Crippen LogP contribution in [0.1, 0.15) is 76.7 Å². The Morgan fingerprint density at radius 3 is 1.90 bits per heavy atom. The summed E-state index contributed by atoms with van der Waals surface area (Å²) in [7, 11) is 0. The second kappa shape index (κ2) is 16.6. The van der Waals surface area contributed by atoms with Gasteiger partial charge in [0.15, 0.2) is 0 Å². The first-order chi connectivity index (χ1) is 8.83. The van der Waals surface area contributed by atoms with Crippen LogP contribution < -0.4 is 12.4 Å². The van der Waals surface area contributed by atoms with Gasteiger partial charge in [-0.3, -0.25) is 11.3 Å². The van der Waals surface area contributed by atoms with Crippen molar-refractivity contribution in [1.29, 1.82) is 0 Å². The van der Waals surface area contributed by atoms with Crippen LogP contribution in [0.2, 0.25) is 0 Å². The molecule has 1 aromatic heterocycles. The van der Waals surface area contributed by atoms with Gasteiger partial charge in [0.05, 0.1) is 0 Å². The molecule has 1 rings (SSSR count). The van der Waals surface area contributed by atoms with E-state index < -0.39 is 0 Å². The molecule has 0 spiro atoms. The number of halogens is 2. The van der Waals surface area contributed by atoms with Crippen LogP contribution in [0, 0.1) is 5.38 Å². The first-order valence-corrected chi connectivity index (χ1v) is 9.09. The van der Waals surface area contributed by atoms with Crippen LogP contribution in [-0.4, -0.2) is 23.1 Å². The van der Waals surface area contributed by atoms with E-state index in [9.17, 15) is 0 Å². The molecule has 4 heteroatoms. The van der Waals surface area contributed by atoms with Gasteiger partial charge < -0.3 is 12.4 Å². The standard InChI is InChI=1S/C16H26BrS.ClH.Mg/c1-2-3-4-5-6-7-8-9-10-11-12-15-13-16(17)18-14-15;;/h13H,2-12H2,1H3;1H;/q-1;;+2/p-1. The smallest absolute Gasteiger partial charge is 1.00 e. The molecule has 0 N–H and O–H groups in total. The fraction of sp³-hybridized carbons (Fsp3) is 0.750. The van der Waals surface area contributed by atoms with Gasteiger partial charge in [-0.1, -0.05) is 81.3 Å². The monoisotopic (exact) mass is 388 g/mol. The Kier molecular flexibility index (Phi) is 19.5. The SMILES string of the molecule is CCCCCCCCCCCCc1[c-]sc(Br)c1.[Cl-].[Mg+2]. The van der Waals surface area contributed by atoms with E-state index in [4.69, 9.17) is 0 Å². The minimum Gasteiger partial charge on any atom is -1.00 e. The number of unbranched alkanes of at least 4 members (excludes halogenated alkanes) is 9. The van der Waals surface area contributed by atoms with Crippen molar-refractivity contribution in [2.45, 2.75) is 77.6 Å². The first-order valence-electron chi connectivity index (χ1n) is 7.49. The fourth-order valence-electron chi connectivity index (χ4n) is 2.24. The van der Waals surface area contributed by atoms with Crippen molar-refractivity contribution >= 4 is 50.3 Å². The molecule has 0 nitrogen and oxygen atoms in total. The minimum absolute atomic E-state index is 0. The van der Waals surface area contributed by atoms with E-state index in [0.29, 0.717) is 0 Å². The summed E-state index contributed by atoms with van der Waals surface area (Å²) in [5.74, 6) is 0. The van der Waals surface area contributed by atoms with Crippen molar-refractivity contribution in [3.05, 3.63) is 20.8 Å². The van der Waals surface area contributed by atoms with Crippen LogP contribution in [-0.2, 0) is 6.42 Å². The third kappa shape index (κ3) is 12.9. The Morgan fingerprint density at radius 2 is 1.45 bits per heavy atom. The summed E-state index contributed by atoms with van der Waals surface area (Å²) in [6.07, 6.45) is 15.3. The maximum Gasteiger partial charge on any atom is 2.00 e. The van der Waals surface area contributed by atoms with Gasteiger partial charge in [0.2, 0.25) is 0 Å². The largest absolute Gasteiger partial charge is 2.00 e. The maximum atomic E-state index is 3.49. The summed E-state index contributed by atoms with van der Waals surface area (Å²) in [4.78, 5) is 0. The van der Waals surface area contributed by atoms with Crippen molar-refractivity contribution < 1.29 is 12.4 Å². The Hall–Kier alpha value is 1.24. The van der Waals surface area contributed by atoms with E-state index in [2.05, 4.69) is 34.3 Å². The van der Waals surface area contributed by atoms with Crippen LogP contribution >= 0.6 is 27.3 Å². The molecule has 0 bridgehead atoms. The minimum atomic E-state index is 0. The van der Waals surface area contributed by atoms with E-state index in [1.54, 1.807) is 11.3 Å². The van der Waals surface area contributed by atoms with Crippen LogP contribution in [0.25, 0.3) is 0 Å². The molecule has 20 heavy (non-hydrogen) atoms. The van der Waals surface area contributed by atoms with Crippen molar-refractivity contribution in [3.8, 4) is 0 Å². The van der Waals surface area contributed by atoms with Gasteiger partial charge in [0.1, 0.15) is 0 Å². The van der Waals surface area contributed by atoms with E-state index in [1.807, 2.05) is 0 Å². The van der Waals surface area contributed by atoms with E-state index in [0.717, 1.165) is 0 Å². The van der Waals surface area contributed by atoms with E-state index in [1.165, 1.54) is 80.0 Å². The zero-order valence-corrected chi connectivity index (χ0v) is 17.3. The quantitative estimate of drug-likeness (QED) is 0.309. The molecule has 1 aromatic rings. The normalized spacial score (nSPS) is 9.90. The molecule has 0 fully saturated rings. The van der Waals surface area contributed by atoms with Crippen LogP contribution in [0.4, 0.5) is 0 Å². The summed E-state index contributed by atoms with van der Waals surface area (Å²) in [5, 5.41) is 3.33. The molecular weight excluding hydrogens is 364 g/mol. The average molecular weight is 390 g/mol. The summed E-state index contributed by atoms with van der Waals surface area (Å²) in [5.41, 5.74) is 1.38. The topological polar surface area (TPSA) is 0 Å². The zero-order chi connectivity index (χ0) is 13.1. The van der Waals surface area contributed by atoms with Crippen LogP contribution in [0.15, 0.2) is 9.85 Å². The van der Waals surface area contributed by atoms with Gasteiger partial charge in [-0.05, 0) is 0 Å². The Balaban J connectivity index is 0. The molecule has 0 atom stereocenters. The molecule has 0 amide bonds. The summed E-state index contributed by atoms with van der Waals surface area (Å²) >= 11 is 5.17. The van der Waals surface area contributed by atoms with E-state index in [-0.39, 0.29) is 35.5 Å². The maximum absolute atomic E-state index is 3.49. The number of hydrogen-bond donors (Lipinski definition) is 0. The summed E-state index contributed by atoms with van der Waals surface area (Å²) in [6, 6.07) is 2.21. The van der Waals surface area contributed by atoms with Gasteiger partial charge in [-0.15, -0.1) is 21.3 Å². The van der Waals surface area contributed by atoms with Crippen LogP contribution in [0.5, 0.6) is 0 Å². The van der Waals surface area contributed by atoms with Crippen molar-refractivity contribution in [3.63, 3.8) is 0 Å². The molecule has 0 aromatic carbocycles. The molecule has 0 aliphatic rings. The predicted octanol–water partition coefficient (Wildman–Crippen LogP) is 3.40. The molecule has 0 saturated carbocycles. The number of hydrogen-bond acceptors (Lipinski definition) is 1. The summed E-state index contributed by atoms with van der Waals surface area (Å²) < 4.78 is 1.21. The molecule has 0 saturated heterocycles. The predicted molar refractivity (Wildman–Crippen MR) is 92.2 cm³/mol. The molecular formula is C16H26BrClMgS.